The first kappa shape index (κ1) is 54.0. The van der Waals surface area contributed by atoms with E-state index in [9.17, 15) is 33.6 Å². The molecular weight excluding hydrogens is 788 g/mol. The third-order valence-corrected chi connectivity index (χ3v) is 10.6. The minimum Gasteiger partial charge on any atom is -0.481 e. The van der Waals surface area contributed by atoms with Crippen molar-refractivity contribution >= 4 is 144 Å². The van der Waals surface area contributed by atoms with Gasteiger partial charge in [-0.1, -0.05) is 48.0 Å². The lowest BCUT2D eigenvalue weighted by molar-refractivity contribution is -0.152. The molecule has 1 aliphatic rings. The van der Waals surface area contributed by atoms with Gasteiger partial charge in [0.1, 0.15) is 31.0 Å². The van der Waals surface area contributed by atoms with E-state index < -0.39 is 23.9 Å². The lowest BCUT2D eigenvalue weighted by Gasteiger charge is -2.08. The summed E-state index contributed by atoms with van der Waals surface area (Å²) < 4.78 is 10.3. The highest BCUT2D eigenvalue weighted by molar-refractivity contribution is 8.48. The Bertz CT molecular complexity index is 1010. The molecule has 0 radical (unpaired) electrons. The standard InChI is InChI=1S/C11H16O5S3.C7H12O2S3.C4H7ClO.C4H4O3.C2H6OS/c1-7(12)8(2)19-11(17)18-6-5-16-10(15)4-3-9(13)14;1-5(9)6(2)12-7(10)11-4-3-8;1-3(5)4(2)6;5-3-1-2-4(6)7-3;3-1-2-4/h8H,3-6H2,1-2H3,(H,13,14);6,8H,3-4H2,1-2H3;3H,1-2H3;1-2H2;3-4H,1-2H2. The lowest BCUT2D eigenvalue weighted by atomic mass is 10.3. The summed E-state index contributed by atoms with van der Waals surface area (Å²) >= 11 is 24.4. The number of halogens is 1. The summed E-state index contributed by atoms with van der Waals surface area (Å²) in [5.41, 5.74) is 0. The fraction of sp³-hybridized carbons (Fsp3) is 0.679. The molecule has 0 aromatic heterocycles. The molecule has 12 nitrogen and oxygen atoms in total. The molecule has 0 bridgehead atoms. The summed E-state index contributed by atoms with van der Waals surface area (Å²) in [6.45, 7) is 10.3. The van der Waals surface area contributed by atoms with Crippen molar-refractivity contribution in [2.75, 3.05) is 37.1 Å². The molecule has 1 fully saturated rings. The van der Waals surface area contributed by atoms with Crippen molar-refractivity contribution < 1.29 is 58.4 Å². The zero-order valence-electron chi connectivity index (χ0n) is 27.6. The van der Waals surface area contributed by atoms with Crippen LogP contribution in [0.25, 0.3) is 0 Å². The second-order valence-corrected chi connectivity index (χ2v) is 17.2. The van der Waals surface area contributed by atoms with Gasteiger partial charge < -0.3 is 24.8 Å². The first-order valence-electron chi connectivity index (χ1n) is 14.0. The van der Waals surface area contributed by atoms with Crippen LogP contribution in [0.4, 0.5) is 0 Å². The van der Waals surface area contributed by atoms with Gasteiger partial charge in [-0.05, 0) is 41.5 Å². The third kappa shape index (κ3) is 43.3. The number of thiocarbonyl (C=S) groups is 2. The predicted octanol–water partition coefficient (Wildman–Crippen LogP) is 4.79. The quantitative estimate of drug-likeness (QED) is 0.0465. The molecule has 0 saturated carbocycles. The van der Waals surface area contributed by atoms with Crippen molar-refractivity contribution in [3.63, 3.8) is 0 Å². The number of hydrogen-bond acceptors (Lipinski definition) is 18. The summed E-state index contributed by atoms with van der Waals surface area (Å²) in [5, 5.41) is 24.1. The van der Waals surface area contributed by atoms with E-state index in [2.05, 4.69) is 17.4 Å². The van der Waals surface area contributed by atoms with E-state index in [1.807, 2.05) is 6.92 Å². The van der Waals surface area contributed by atoms with Crippen LogP contribution < -0.4 is 0 Å². The molecule has 1 aliphatic heterocycles. The number of carboxylic acid groups (broad SMARTS) is 1. The maximum absolute atomic E-state index is 11.1. The SMILES string of the molecule is CC(=O)C(C)Cl.CC(=O)C(C)SC(=S)SCCO.CC(=O)C(C)SC(=S)SCCOC(=O)CCC(=O)O.O=C1CCC(=O)O1.OCCS. The van der Waals surface area contributed by atoms with Crippen molar-refractivity contribution in [2.24, 2.45) is 0 Å². The van der Waals surface area contributed by atoms with Gasteiger partial charge in [-0.2, -0.15) is 12.6 Å². The molecule has 1 heterocycles. The molecule has 3 unspecified atom stereocenters. The number of carbonyl (C=O) groups is 7. The van der Waals surface area contributed by atoms with Gasteiger partial charge in [0.25, 0.3) is 0 Å². The molecule has 1 saturated heterocycles. The van der Waals surface area contributed by atoms with Crippen molar-refractivity contribution in [1.82, 2.24) is 0 Å². The monoisotopic (exact) mass is 832 g/mol. The Morgan fingerprint density at radius 2 is 1.23 bits per heavy atom. The van der Waals surface area contributed by atoms with Gasteiger partial charge in [0.15, 0.2) is 0 Å². The smallest absolute Gasteiger partial charge is 0.314 e. The Balaban J connectivity index is -0.000000283. The number of aliphatic hydroxyl groups is 2. The molecule has 278 valence electrons. The molecule has 0 spiro atoms. The number of carboxylic acids is 1. The van der Waals surface area contributed by atoms with E-state index in [0.29, 0.717) is 20.8 Å². The fourth-order valence-electron chi connectivity index (χ4n) is 1.65. The number of alkyl halides is 1. The number of ether oxygens (including phenoxy) is 2. The van der Waals surface area contributed by atoms with Crippen LogP contribution in [0.2, 0.25) is 0 Å². The third-order valence-electron chi connectivity index (χ3n) is 4.53. The van der Waals surface area contributed by atoms with Gasteiger partial charge in [-0.25, -0.2) is 0 Å². The van der Waals surface area contributed by atoms with Gasteiger partial charge in [-0.3, -0.25) is 33.6 Å². The minimum atomic E-state index is -1.03. The van der Waals surface area contributed by atoms with Gasteiger partial charge in [0.2, 0.25) is 0 Å². The first-order chi connectivity index (χ1) is 22.2. The van der Waals surface area contributed by atoms with Crippen LogP contribution in [0.1, 0.15) is 67.2 Å². The molecule has 20 heteroatoms. The highest BCUT2D eigenvalue weighted by Gasteiger charge is 2.19. The molecular formula is C28H45ClO12S7. The van der Waals surface area contributed by atoms with Gasteiger partial charge >= 0.3 is 23.9 Å². The van der Waals surface area contributed by atoms with E-state index >= 15 is 0 Å². The second-order valence-electron chi connectivity index (χ2n) is 8.80. The molecule has 0 aliphatic carbocycles. The number of ketones is 3. The normalized spacial score (nSPS) is 13.0. The molecule has 48 heavy (non-hydrogen) atoms. The van der Waals surface area contributed by atoms with E-state index in [-0.39, 0.29) is 78.7 Å². The number of thiol groups is 1. The van der Waals surface area contributed by atoms with Crippen molar-refractivity contribution in [3.05, 3.63) is 0 Å². The van der Waals surface area contributed by atoms with Crippen molar-refractivity contribution in [3.8, 4) is 0 Å². The summed E-state index contributed by atoms with van der Waals surface area (Å²) in [5.74, 6) is -0.460. The molecule has 0 aromatic carbocycles. The number of esters is 3. The van der Waals surface area contributed by atoms with E-state index in [4.69, 9.17) is 56.1 Å². The van der Waals surface area contributed by atoms with Crippen LogP contribution in [0, 0.1) is 0 Å². The lowest BCUT2D eigenvalue weighted by Crippen LogP contribution is -2.11. The van der Waals surface area contributed by atoms with Gasteiger partial charge in [0, 0.05) is 17.3 Å². The van der Waals surface area contributed by atoms with E-state index in [1.54, 1.807) is 20.8 Å². The Morgan fingerprint density at radius 3 is 1.50 bits per heavy atom. The number of rotatable bonds is 14. The fourth-order valence-corrected chi connectivity index (χ4v) is 6.42. The predicted molar refractivity (Wildman–Crippen MR) is 208 cm³/mol. The average Bonchev–Trinajstić information content (AvgIpc) is 3.39. The first-order valence-corrected chi connectivity index (χ1v) is 19.6. The number of carbonyl (C=O) groups excluding carboxylic acids is 6. The highest BCUT2D eigenvalue weighted by atomic mass is 35.5. The summed E-state index contributed by atoms with van der Waals surface area (Å²) in [6, 6.07) is 0. The van der Waals surface area contributed by atoms with Crippen molar-refractivity contribution in [2.45, 2.75) is 83.1 Å². The topological polar surface area (TPSA) is 199 Å². The Hall–Kier alpha value is -0.770. The average molecular weight is 834 g/mol. The largest absolute Gasteiger partial charge is 0.481 e. The Kier molecular flexibility index (Phi) is 40.5. The number of aliphatic hydroxyl groups excluding tert-OH is 2. The van der Waals surface area contributed by atoms with Crippen LogP contribution in [0.5, 0.6) is 0 Å². The zero-order chi connectivity index (χ0) is 38.2. The molecule has 1 rings (SSSR count). The Labute approximate surface area is 320 Å². The molecule has 3 N–H and O–H groups in total. The number of cyclic esters (lactones) is 2. The van der Waals surface area contributed by atoms with E-state index in [1.165, 1.54) is 60.9 Å². The molecule has 0 amide bonds. The summed E-state index contributed by atoms with van der Waals surface area (Å²) in [7, 11) is 0. The summed E-state index contributed by atoms with van der Waals surface area (Å²) in [4.78, 5) is 73.2. The molecule has 3 atom stereocenters. The number of aliphatic carboxylic acids is 1. The maximum Gasteiger partial charge on any atom is 0.314 e. The molecule has 0 aromatic rings. The van der Waals surface area contributed by atoms with Crippen molar-refractivity contribution in [1.29, 1.82) is 0 Å². The number of hydrogen-bond donors (Lipinski definition) is 4. The van der Waals surface area contributed by atoms with E-state index in [0.717, 1.165) is 3.53 Å². The van der Waals surface area contributed by atoms with Gasteiger partial charge in [-0.15, -0.1) is 35.1 Å². The number of thioether (sulfide) groups is 4. The van der Waals surface area contributed by atoms with Crippen LogP contribution in [-0.4, -0.2) is 117 Å². The number of Topliss-reactive ketones (excluding diaryl/α,β-unsaturated/α-hetero) is 3. The van der Waals surface area contributed by atoms with Crippen LogP contribution in [-0.2, 0) is 43.0 Å². The second kappa shape index (κ2) is 36.0. The van der Waals surface area contributed by atoms with Gasteiger partial charge in [0.05, 0.1) is 54.8 Å². The minimum absolute atomic E-state index is 0.0247. The van der Waals surface area contributed by atoms with Crippen LogP contribution >= 0.6 is 95.7 Å². The maximum atomic E-state index is 11.1. The van der Waals surface area contributed by atoms with Crippen LogP contribution in [0.15, 0.2) is 0 Å². The highest BCUT2D eigenvalue weighted by Crippen LogP contribution is 2.23. The van der Waals surface area contributed by atoms with Crippen LogP contribution in [0.3, 0.4) is 0 Å². The zero-order valence-corrected chi connectivity index (χ0v) is 34.1. The summed E-state index contributed by atoms with van der Waals surface area (Å²) in [6.07, 6.45) is 0.175. The Morgan fingerprint density at radius 1 is 0.833 bits per heavy atom.